The summed E-state index contributed by atoms with van der Waals surface area (Å²) in [4.78, 5) is 37.1. The summed E-state index contributed by atoms with van der Waals surface area (Å²) in [6.07, 6.45) is 2.74. The summed E-state index contributed by atoms with van der Waals surface area (Å²) in [6.45, 7) is 1.91. The van der Waals surface area contributed by atoms with Gasteiger partial charge in [-0.25, -0.2) is 10.2 Å². The fourth-order valence-electron chi connectivity index (χ4n) is 3.18. The normalized spacial score (nSPS) is 10.7. The number of aryl methyl sites for hydroxylation is 1. The largest absolute Gasteiger partial charge is 0.457 e. The Balaban J connectivity index is 1.38. The van der Waals surface area contributed by atoms with Gasteiger partial charge in [-0.05, 0) is 73.7 Å². The molecule has 0 saturated carbocycles. The standard InChI is InChI=1S/C27H20BrN3O5/c1-17-4-2-5-19(14-17)25(32)30-22-10-7-18(8-11-22)26(33)31-29-16-20-15-21(28)9-12-23(20)36-27(34)24-6-3-13-35-24/h2-16H,1H3,(H,30,32)(H,31,33)/b29-16-. The third-order valence-electron chi connectivity index (χ3n) is 4.95. The van der Waals surface area contributed by atoms with E-state index in [1.54, 1.807) is 60.7 Å². The van der Waals surface area contributed by atoms with Crippen molar-refractivity contribution in [2.24, 2.45) is 5.10 Å². The highest BCUT2D eigenvalue weighted by molar-refractivity contribution is 9.10. The van der Waals surface area contributed by atoms with E-state index in [0.717, 1.165) is 10.0 Å². The van der Waals surface area contributed by atoms with E-state index in [9.17, 15) is 14.4 Å². The molecule has 0 saturated heterocycles. The summed E-state index contributed by atoms with van der Waals surface area (Å²) in [5.41, 5.74) is 5.33. The van der Waals surface area contributed by atoms with Crippen LogP contribution in [0.1, 0.15) is 42.4 Å². The Morgan fingerprint density at radius 1 is 0.917 bits per heavy atom. The van der Waals surface area contributed by atoms with Crippen molar-refractivity contribution in [2.75, 3.05) is 5.32 Å². The van der Waals surface area contributed by atoms with Crippen LogP contribution in [-0.4, -0.2) is 24.0 Å². The van der Waals surface area contributed by atoms with Crippen LogP contribution >= 0.6 is 15.9 Å². The van der Waals surface area contributed by atoms with Crippen molar-refractivity contribution >= 4 is 45.6 Å². The third kappa shape index (κ3) is 6.34. The maximum atomic E-state index is 12.5. The summed E-state index contributed by atoms with van der Waals surface area (Å²) in [7, 11) is 0. The first-order valence-electron chi connectivity index (χ1n) is 10.8. The molecule has 2 N–H and O–H groups in total. The van der Waals surface area contributed by atoms with Gasteiger partial charge in [0, 0.05) is 26.9 Å². The average Bonchev–Trinajstić information content (AvgIpc) is 3.41. The Bertz CT molecular complexity index is 1430. The van der Waals surface area contributed by atoms with Crippen LogP contribution in [0.5, 0.6) is 5.75 Å². The molecule has 1 heterocycles. The summed E-state index contributed by atoms with van der Waals surface area (Å²) in [5.74, 6) is -1.04. The molecule has 36 heavy (non-hydrogen) atoms. The Labute approximate surface area is 215 Å². The van der Waals surface area contributed by atoms with E-state index in [4.69, 9.17) is 9.15 Å². The number of hydrogen-bond donors (Lipinski definition) is 2. The molecule has 3 aromatic carbocycles. The zero-order valence-corrected chi connectivity index (χ0v) is 20.6. The van der Waals surface area contributed by atoms with Gasteiger partial charge in [-0.3, -0.25) is 9.59 Å². The van der Waals surface area contributed by atoms with Gasteiger partial charge >= 0.3 is 5.97 Å². The number of nitrogens with one attached hydrogen (secondary N) is 2. The maximum absolute atomic E-state index is 12.5. The molecule has 0 radical (unpaired) electrons. The predicted octanol–water partition coefficient (Wildman–Crippen LogP) is 5.59. The molecular formula is C27H20BrN3O5. The number of benzene rings is 3. The number of carbonyl (C=O) groups excluding carboxylic acids is 3. The zero-order valence-electron chi connectivity index (χ0n) is 19.0. The number of hydrogen-bond acceptors (Lipinski definition) is 6. The highest BCUT2D eigenvalue weighted by Gasteiger charge is 2.14. The number of halogens is 1. The molecule has 0 aliphatic carbocycles. The van der Waals surface area contributed by atoms with Gasteiger partial charge in [0.15, 0.2) is 0 Å². The summed E-state index contributed by atoms with van der Waals surface area (Å²) >= 11 is 3.36. The maximum Gasteiger partial charge on any atom is 0.379 e. The van der Waals surface area contributed by atoms with Gasteiger partial charge in [0.05, 0.1) is 12.5 Å². The molecule has 8 nitrogen and oxygen atoms in total. The van der Waals surface area contributed by atoms with Gasteiger partial charge in [0.25, 0.3) is 11.8 Å². The molecule has 0 unspecified atom stereocenters. The van der Waals surface area contributed by atoms with E-state index in [1.165, 1.54) is 18.5 Å². The van der Waals surface area contributed by atoms with Gasteiger partial charge in [-0.2, -0.15) is 5.10 Å². The van der Waals surface area contributed by atoms with E-state index in [0.29, 0.717) is 22.4 Å². The van der Waals surface area contributed by atoms with Crippen LogP contribution in [0.25, 0.3) is 0 Å². The lowest BCUT2D eigenvalue weighted by Gasteiger charge is -2.07. The highest BCUT2D eigenvalue weighted by Crippen LogP contribution is 2.23. The lowest BCUT2D eigenvalue weighted by Crippen LogP contribution is -2.18. The average molecular weight is 546 g/mol. The molecule has 0 aliphatic rings. The smallest absolute Gasteiger partial charge is 0.379 e. The summed E-state index contributed by atoms with van der Waals surface area (Å²) in [6, 6.07) is 21.7. The topological polar surface area (TPSA) is 110 Å². The van der Waals surface area contributed by atoms with Crippen LogP contribution in [0, 0.1) is 6.92 Å². The first-order valence-corrected chi connectivity index (χ1v) is 11.5. The highest BCUT2D eigenvalue weighted by atomic mass is 79.9. The number of amides is 2. The second-order valence-electron chi connectivity index (χ2n) is 7.65. The van der Waals surface area contributed by atoms with Crippen molar-refractivity contribution in [3.63, 3.8) is 0 Å². The zero-order chi connectivity index (χ0) is 25.5. The molecule has 2 amide bonds. The molecule has 0 fully saturated rings. The minimum absolute atomic E-state index is 0.0626. The predicted molar refractivity (Wildman–Crippen MR) is 138 cm³/mol. The van der Waals surface area contributed by atoms with Crippen LogP contribution in [0.3, 0.4) is 0 Å². The second kappa shape index (κ2) is 11.3. The van der Waals surface area contributed by atoms with E-state index < -0.39 is 11.9 Å². The first kappa shape index (κ1) is 24.6. The Morgan fingerprint density at radius 2 is 1.72 bits per heavy atom. The number of anilines is 1. The summed E-state index contributed by atoms with van der Waals surface area (Å²) < 4.78 is 11.2. The molecule has 0 bridgehead atoms. The van der Waals surface area contributed by atoms with Gasteiger partial charge in [0.2, 0.25) is 5.76 Å². The molecule has 4 rings (SSSR count). The minimum atomic E-state index is -0.657. The molecule has 9 heteroatoms. The molecule has 0 atom stereocenters. The lowest BCUT2D eigenvalue weighted by atomic mass is 10.1. The van der Waals surface area contributed by atoms with Crippen molar-refractivity contribution in [2.45, 2.75) is 6.92 Å². The van der Waals surface area contributed by atoms with Gasteiger partial charge < -0.3 is 14.5 Å². The number of furan rings is 1. The quantitative estimate of drug-likeness (QED) is 0.136. The third-order valence-corrected chi connectivity index (χ3v) is 5.45. The first-order chi connectivity index (χ1) is 17.4. The number of hydrazone groups is 1. The fraction of sp³-hybridized carbons (Fsp3) is 0.0370. The number of rotatable bonds is 7. The van der Waals surface area contributed by atoms with Crippen LogP contribution in [0.2, 0.25) is 0 Å². The fourth-order valence-corrected chi connectivity index (χ4v) is 3.56. The lowest BCUT2D eigenvalue weighted by molar-refractivity contribution is 0.0700. The van der Waals surface area contributed by atoms with Crippen molar-refractivity contribution in [1.82, 2.24) is 5.43 Å². The molecule has 1 aromatic heterocycles. The number of esters is 1. The molecule has 0 aliphatic heterocycles. The Hall–Kier alpha value is -4.50. The molecule has 180 valence electrons. The van der Waals surface area contributed by atoms with E-state index in [-0.39, 0.29) is 17.4 Å². The van der Waals surface area contributed by atoms with Crippen LogP contribution < -0.4 is 15.5 Å². The Kier molecular flexibility index (Phi) is 7.72. The Morgan fingerprint density at radius 3 is 2.44 bits per heavy atom. The minimum Gasteiger partial charge on any atom is -0.457 e. The van der Waals surface area contributed by atoms with Gasteiger partial charge in [-0.1, -0.05) is 33.6 Å². The van der Waals surface area contributed by atoms with E-state index >= 15 is 0 Å². The molecule has 4 aromatic rings. The van der Waals surface area contributed by atoms with Gasteiger partial charge in [0.1, 0.15) is 5.75 Å². The molecule has 0 spiro atoms. The van der Waals surface area contributed by atoms with Crippen LogP contribution in [0.4, 0.5) is 5.69 Å². The van der Waals surface area contributed by atoms with Crippen molar-refractivity contribution < 1.29 is 23.5 Å². The van der Waals surface area contributed by atoms with Crippen molar-refractivity contribution in [3.05, 3.63) is 118 Å². The van der Waals surface area contributed by atoms with Crippen LogP contribution in [0.15, 0.2) is 99.1 Å². The van der Waals surface area contributed by atoms with Gasteiger partial charge in [-0.15, -0.1) is 0 Å². The second-order valence-corrected chi connectivity index (χ2v) is 8.56. The number of nitrogens with zero attached hydrogens (tertiary/aromatic N) is 1. The summed E-state index contributed by atoms with van der Waals surface area (Å²) in [5, 5.41) is 6.78. The van der Waals surface area contributed by atoms with Crippen molar-refractivity contribution in [1.29, 1.82) is 0 Å². The monoisotopic (exact) mass is 545 g/mol. The van der Waals surface area contributed by atoms with Crippen molar-refractivity contribution in [3.8, 4) is 5.75 Å². The van der Waals surface area contributed by atoms with E-state index in [1.807, 2.05) is 19.1 Å². The number of ether oxygens (including phenoxy) is 1. The SMILES string of the molecule is Cc1cccc(C(=O)Nc2ccc(C(=O)N/N=C\c3cc(Br)ccc3OC(=O)c3ccco3)cc2)c1. The van der Waals surface area contributed by atoms with E-state index in [2.05, 4.69) is 31.8 Å². The molecular weight excluding hydrogens is 526 g/mol. The number of carbonyl (C=O) groups is 3. The van der Waals surface area contributed by atoms with Crippen LogP contribution in [-0.2, 0) is 0 Å².